The number of benzene rings is 1. The molecule has 4 nitrogen and oxygen atoms in total. The molecule has 1 aromatic rings. The largest absolute Gasteiger partial charge is 0.396 e. The average Bonchev–Trinajstić information content (AvgIpc) is 2.86. The van der Waals surface area contributed by atoms with Crippen molar-refractivity contribution in [2.75, 3.05) is 25.0 Å². The van der Waals surface area contributed by atoms with Crippen LogP contribution in [0.15, 0.2) is 30.3 Å². The summed E-state index contributed by atoms with van der Waals surface area (Å²) in [6.45, 7) is 1.93. The Bertz CT molecular complexity index is 381. The van der Waals surface area contributed by atoms with Crippen LogP contribution < -0.4 is 5.32 Å². The van der Waals surface area contributed by atoms with E-state index in [1.807, 2.05) is 30.3 Å². The third kappa shape index (κ3) is 3.31. The van der Waals surface area contributed by atoms with Gasteiger partial charge in [-0.15, -0.1) is 0 Å². The van der Waals surface area contributed by atoms with Crippen LogP contribution in [0.2, 0.25) is 0 Å². The Kier molecular flexibility index (Phi) is 4.73. The first-order chi connectivity index (χ1) is 8.81. The molecule has 1 aromatic carbocycles. The minimum Gasteiger partial charge on any atom is -0.396 e. The Labute approximate surface area is 108 Å². The third-order valence-corrected chi connectivity index (χ3v) is 3.31. The number of para-hydroxylation sites is 1. The van der Waals surface area contributed by atoms with E-state index in [0.29, 0.717) is 0 Å². The van der Waals surface area contributed by atoms with Crippen molar-refractivity contribution in [2.24, 2.45) is 0 Å². The fraction of sp³-hybridized carbons (Fsp3) is 0.500. The highest BCUT2D eigenvalue weighted by molar-refractivity contribution is 5.94. The van der Waals surface area contributed by atoms with Gasteiger partial charge in [-0.2, -0.15) is 0 Å². The first kappa shape index (κ1) is 13.1. The molecule has 0 aromatic heterocycles. The summed E-state index contributed by atoms with van der Waals surface area (Å²) < 4.78 is 0. The Morgan fingerprint density at radius 2 is 2.17 bits per heavy atom. The maximum Gasteiger partial charge on any atom is 0.241 e. The molecule has 1 unspecified atom stereocenters. The van der Waals surface area contributed by atoms with Gasteiger partial charge in [-0.3, -0.25) is 9.69 Å². The summed E-state index contributed by atoms with van der Waals surface area (Å²) in [5, 5.41) is 11.8. The maximum atomic E-state index is 12.2. The molecule has 1 aliphatic heterocycles. The number of aliphatic hydroxyl groups is 1. The van der Waals surface area contributed by atoms with Gasteiger partial charge in [0, 0.05) is 18.8 Å². The number of hydrogen-bond donors (Lipinski definition) is 2. The quantitative estimate of drug-likeness (QED) is 0.829. The van der Waals surface area contributed by atoms with Gasteiger partial charge in [0.1, 0.15) is 0 Å². The van der Waals surface area contributed by atoms with E-state index in [1.54, 1.807) is 0 Å². The van der Waals surface area contributed by atoms with E-state index in [2.05, 4.69) is 10.2 Å². The number of rotatable bonds is 5. The number of nitrogens with one attached hydrogen (secondary N) is 1. The van der Waals surface area contributed by atoms with E-state index < -0.39 is 0 Å². The number of likely N-dealkylation sites (tertiary alicyclic amines) is 1. The van der Waals surface area contributed by atoms with E-state index in [9.17, 15) is 4.79 Å². The van der Waals surface area contributed by atoms with Crippen LogP contribution in [0.4, 0.5) is 5.69 Å². The maximum absolute atomic E-state index is 12.2. The predicted molar refractivity (Wildman–Crippen MR) is 71.4 cm³/mol. The predicted octanol–water partition coefficient (Wildman–Crippen LogP) is 1.47. The summed E-state index contributed by atoms with van der Waals surface area (Å²) in [5.41, 5.74) is 0.844. The SMILES string of the molecule is O=C(Nc1ccccc1)C1CCCN1CCCO. The molecular weight excluding hydrogens is 228 g/mol. The van der Waals surface area contributed by atoms with Gasteiger partial charge < -0.3 is 10.4 Å². The molecule has 0 spiro atoms. The lowest BCUT2D eigenvalue weighted by Gasteiger charge is -2.23. The van der Waals surface area contributed by atoms with Gasteiger partial charge in [0.15, 0.2) is 0 Å². The van der Waals surface area contributed by atoms with E-state index in [0.717, 1.165) is 38.0 Å². The van der Waals surface area contributed by atoms with Gasteiger partial charge in [0.25, 0.3) is 0 Å². The van der Waals surface area contributed by atoms with E-state index in [-0.39, 0.29) is 18.6 Å². The Morgan fingerprint density at radius 3 is 2.89 bits per heavy atom. The summed E-state index contributed by atoms with van der Waals surface area (Å²) >= 11 is 0. The van der Waals surface area contributed by atoms with Crippen LogP contribution in [0, 0.1) is 0 Å². The van der Waals surface area contributed by atoms with Crippen molar-refractivity contribution in [2.45, 2.75) is 25.3 Å². The van der Waals surface area contributed by atoms with Crippen molar-refractivity contribution in [3.05, 3.63) is 30.3 Å². The lowest BCUT2D eigenvalue weighted by molar-refractivity contribution is -0.120. The van der Waals surface area contributed by atoms with Crippen LogP contribution in [0.5, 0.6) is 0 Å². The molecule has 1 aliphatic rings. The van der Waals surface area contributed by atoms with Crippen LogP contribution in [0.3, 0.4) is 0 Å². The molecule has 1 heterocycles. The summed E-state index contributed by atoms with van der Waals surface area (Å²) in [4.78, 5) is 14.3. The van der Waals surface area contributed by atoms with Crippen LogP contribution in [0.1, 0.15) is 19.3 Å². The monoisotopic (exact) mass is 248 g/mol. The fourth-order valence-corrected chi connectivity index (χ4v) is 2.41. The molecule has 0 bridgehead atoms. The van der Waals surface area contributed by atoms with Crippen molar-refractivity contribution in [3.63, 3.8) is 0 Å². The summed E-state index contributed by atoms with van der Waals surface area (Å²) in [6.07, 6.45) is 2.69. The van der Waals surface area contributed by atoms with Crippen LogP contribution in [-0.4, -0.2) is 41.7 Å². The molecule has 0 aliphatic carbocycles. The van der Waals surface area contributed by atoms with Crippen molar-refractivity contribution >= 4 is 11.6 Å². The van der Waals surface area contributed by atoms with Gasteiger partial charge in [-0.05, 0) is 37.9 Å². The Hall–Kier alpha value is -1.39. The van der Waals surface area contributed by atoms with Gasteiger partial charge in [-0.1, -0.05) is 18.2 Å². The minimum absolute atomic E-state index is 0.0447. The number of carbonyl (C=O) groups excluding carboxylic acids is 1. The zero-order valence-electron chi connectivity index (χ0n) is 10.5. The zero-order chi connectivity index (χ0) is 12.8. The van der Waals surface area contributed by atoms with Crippen LogP contribution in [-0.2, 0) is 4.79 Å². The molecule has 2 N–H and O–H groups in total. The molecule has 18 heavy (non-hydrogen) atoms. The van der Waals surface area contributed by atoms with Crippen LogP contribution >= 0.6 is 0 Å². The highest BCUT2D eigenvalue weighted by Crippen LogP contribution is 2.19. The highest BCUT2D eigenvalue weighted by Gasteiger charge is 2.29. The number of carbonyl (C=O) groups is 1. The number of hydrogen-bond acceptors (Lipinski definition) is 3. The molecule has 0 saturated carbocycles. The second kappa shape index (κ2) is 6.52. The Morgan fingerprint density at radius 1 is 1.39 bits per heavy atom. The second-order valence-electron chi connectivity index (χ2n) is 4.63. The molecule has 0 radical (unpaired) electrons. The fourth-order valence-electron chi connectivity index (χ4n) is 2.41. The summed E-state index contributed by atoms with van der Waals surface area (Å²) in [5.74, 6) is 0.0663. The average molecular weight is 248 g/mol. The minimum atomic E-state index is -0.0447. The number of amides is 1. The first-order valence-electron chi connectivity index (χ1n) is 6.52. The lowest BCUT2D eigenvalue weighted by atomic mass is 10.2. The van der Waals surface area contributed by atoms with Crippen molar-refractivity contribution in [1.29, 1.82) is 0 Å². The molecule has 98 valence electrons. The molecular formula is C14H20N2O2. The zero-order valence-corrected chi connectivity index (χ0v) is 10.5. The smallest absolute Gasteiger partial charge is 0.241 e. The lowest BCUT2D eigenvalue weighted by Crippen LogP contribution is -2.40. The standard InChI is InChI=1S/C14H20N2O2/c17-11-5-10-16-9-4-8-13(16)14(18)15-12-6-2-1-3-7-12/h1-3,6-7,13,17H,4-5,8-11H2,(H,15,18). The molecule has 1 atom stereocenters. The molecule has 4 heteroatoms. The molecule has 1 fully saturated rings. The van der Waals surface area contributed by atoms with Crippen molar-refractivity contribution < 1.29 is 9.90 Å². The van der Waals surface area contributed by atoms with Crippen molar-refractivity contribution in [3.8, 4) is 0 Å². The molecule has 1 saturated heterocycles. The summed E-state index contributed by atoms with van der Waals surface area (Å²) in [7, 11) is 0. The Balaban J connectivity index is 1.91. The highest BCUT2D eigenvalue weighted by atomic mass is 16.3. The van der Waals surface area contributed by atoms with E-state index in [4.69, 9.17) is 5.11 Å². The van der Waals surface area contributed by atoms with Gasteiger partial charge in [0.2, 0.25) is 5.91 Å². The van der Waals surface area contributed by atoms with Gasteiger partial charge in [0.05, 0.1) is 6.04 Å². The van der Waals surface area contributed by atoms with Crippen molar-refractivity contribution in [1.82, 2.24) is 4.90 Å². The van der Waals surface area contributed by atoms with E-state index >= 15 is 0 Å². The third-order valence-electron chi connectivity index (χ3n) is 3.31. The number of anilines is 1. The topological polar surface area (TPSA) is 52.6 Å². The first-order valence-corrected chi connectivity index (χ1v) is 6.52. The summed E-state index contributed by atoms with van der Waals surface area (Å²) in [6, 6.07) is 9.49. The van der Waals surface area contributed by atoms with Gasteiger partial charge in [-0.25, -0.2) is 0 Å². The normalized spacial score (nSPS) is 19.9. The van der Waals surface area contributed by atoms with Gasteiger partial charge >= 0.3 is 0 Å². The number of nitrogens with zero attached hydrogens (tertiary/aromatic N) is 1. The molecule has 1 amide bonds. The van der Waals surface area contributed by atoms with E-state index in [1.165, 1.54) is 0 Å². The molecule has 2 rings (SSSR count). The second-order valence-corrected chi connectivity index (χ2v) is 4.63. The number of aliphatic hydroxyl groups excluding tert-OH is 1. The van der Waals surface area contributed by atoms with Crippen LogP contribution in [0.25, 0.3) is 0 Å².